The first-order chi connectivity index (χ1) is 10.2. The lowest BCUT2D eigenvalue weighted by Crippen LogP contribution is -2.20. The first-order valence-electron chi connectivity index (χ1n) is 7.09. The van der Waals surface area contributed by atoms with Gasteiger partial charge in [0.2, 0.25) is 5.13 Å². The predicted molar refractivity (Wildman–Crippen MR) is 81.8 cm³/mol. The number of nitrogens with zero attached hydrogens (tertiary/aromatic N) is 2. The van der Waals surface area contributed by atoms with Gasteiger partial charge in [0.25, 0.3) is 5.91 Å². The lowest BCUT2D eigenvalue weighted by atomic mass is 10.2. The Morgan fingerprint density at radius 2 is 2.29 bits per heavy atom. The number of rotatable bonds is 6. The molecule has 1 fully saturated rings. The number of benzene rings is 1. The molecular formula is C15H17N3O2S. The Hall–Kier alpha value is -1.95. The van der Waals surface area contributed by atoms with Crippen LogP contribution in [-0.2, 0) is 11.2 Å². The van der Waals surface area contributed by atoms with Crippen molar-refractivity contribution in [3.63, 3.8) is 0 Å². The van der Waals surface area contributed by atoms with Gasteiger partial charge in [0.1, 0.15) is 10.8 Å². The van der Waals surface area contributed by atoms with Gasteiger partial charge in [-0.2, -0.15) is 0 Å². The monoisotopic (exact) mass is 303 g/mol. The Balaban J connectivity index is 1.51. The molecule has 0 radical (unpaired) electrons. The van der Waals surface area contributed by atoms with Crippen LogP contribution in [0.5, 0.6) is 5.75 Å². The molecule has 6 heteroatoms. The van der Waals surface area contributed by atoms with E-state index < -0.39 is 0 Å². The molecule has 0 unspecified atom stereocenters. The minimum Gasteiger partial charge on any atom is -0.484 e. The van der Waals surface area contributed by atoms with Crippen molar-refractivity contribution in [1.29, 1.82) is 0 Å². The first-order valence-corrected chi connectivity index (χ1v) is 7.91. The highest BCUT2D eigenvalue weighted by molar-refractivity contribution is 7.15. The first kappa shape index (κ1) is 14.0. The summed E-state index contributed by atoms with van der Waals surface area (Å²) in [6, 6.07) is 7.76. The van der Waals surface area contributed by atoms with Gasteiger partial charge < -0.3 is 4.74 Å². The van der Waals surface area contributed by atoms with Crippen LogP contribution in [0.2, 0.25) is 0 Å². The van der Waals surface area contributed by atoms with Gasteiger partial charge in [0.05, 0.1) is 0 Å². The number of hydrogen-bond acceptors (Lipinski definition) is 5. The van der Waals surface area contributed by atoms with Gasteiger partial charge in [0, 0.05) is 5.92 Å². The highest BCUT2D eigenvalue weighted by Gasteiger charge is 2.27. The normalized spacial score (nSPS) is 14.0. The molecular weight excluding hydrogens is 286 g/mol. The van der Waals surface area contributed by atoms with E-state index in [-0.39, 0.29) is 12.5 Å². The fourth-order valence-electron chi connectivity index (χ4n) is 1.94. The van der Waals surface area contributed by atoms with E-state index in [0.29, 0.717) is 16.8 Å². The minimum absolute atomic E-state index is 0.0223. The third-order valence-corrected chi connectivity index (χ3v) is 4.29. The van der Waals surface area contributed by atoms with Crippen LogP contribution in [0.3, 0.4) is 0 Å². The molecule has 0 atom stereocenters. The summed E-state index contributed by atoms with van der Waals surface area (Å²) in [5.41, 5.74) is 1.19. The average Bonchev–Trinajstić information content (AvgIpc) is 3.26. The zero-order valence-corrected chi connectivity index (χ0v) is 12.7. The van der Waals surface area contributed by atoms with Crippen molar-refractivity contribution in [2.45, 2.75) is 32.1 Å². The summed E-state index contributed by atoms with van der Waals surface area (Å²) in [7, 11) is 0. The van der Waals surface area contributed by atoms with E-state index in [9.17, 15) is 4.79 Å². The average molecular weight is 303 g/mol. The molecule has 3 rings (SSSR count). The van der Waals surface area contributed by atoms with E-state index in [0.717, 1.165) is 11.4 Å². The summed E-state index contributed by atoms with van der Waals surface area (Å²) in [5, 5.41) is 12.4. The molecule has 0 bridgehead atoms. The van der Waals surface area contributed by atoms with Crippen molar-refractivity contribution < 1.29 is 9.53 Å². The van der Waals surface area contributed by atoms with Crippen molar-refractivity contribution in [2.24, 2.45) is 0 Å². The van der Waals surface area contributed by atoms with Crippen LogP contribution in [0.15, 0.2) is 24.3 Å². The van der Waals surface area contributed by atoms with Crippen LogP contribution >= 0.6 is 11.3 Å². The molecule has 2 aromatic rings. The maximum atomic E-state index is 11.8. The number of carbonyl (C=O) groups is 1. The number of amides is 1. The highest BCUT2D eigenvalue weighted by Crippen LogP contribution is 2.41. The minimum atomic E-state index is -0.213. The van der Waals surface area contributed by atoms with Gasteiger partial charge in [-0.25, -0.2) is 0 Å². The van der Waals surface area contributed by atoms with Crippen LogP contribution in [0.25, 0.3) is 0 Å². The zero-order chi connectivity index (χ0) is 14.7. The number of nitrogens with one attached hydrogen (secondary N) is 1. The number of ether oxygens (including phenoxy) is 1. The maximum Gasteiger partial charge on any atom is 0.264 e. The summed E-state index contributed by atoms with van der Waals surface area (Å²) < 4.78 is 5.49. The molecule has 5 nitrogen and oxygen atoms in total. The van der Waals surface area contributed by atoms with E-state index >= 15 is 0 Å². The maximum absolute atomic E-state index is 11.8. The predicted octanol–water partition coefficient (Wildman–Crippen LogP) is 3.00. The third kappa shape index (κ3) is 3.78. The summed E-state index contributed by atoms with van der Waals surface area (Å²) in [5.74, 6) is 1.05. The molecule has 1 aromatic carbocycles. The molecule has 1 saturated carbocycles. The van der Waals surface area contributed by atoms with E-state index in [1.54, 1.807) is 0 Å². The quantitative estimate of drug-likeness (QED) is 0.891. The number of anilines is 1. The summed E-state index contributed by atoms with van der Waals surface area (Å²) in [6.07, 6.45) is 3.30. The standard InChI is InChI=1S/C15H17N3O2S/c1-2-10-4-3-5-12(8-10)20-9-13(19)16-15-18-17-14(21-15)11-6-7-11/h3-5,8,11H,2,6-7,9H2,1H3,(H,16,18,19). The van der Waals surface area contributed by atoms with E-state index in [4.69, 9.17) is 4.74 Å². The van der Waals surface area contributed by atoms with Crippen molar-refractivity contribution >= 4 is 22.4 Å². The van der Waals surface area contributed by atoms with Gasteiger partial charge in [0.15, 0.2) is 6.61 Å². The Bertz CT molecular complexity index is 637. The highest BCUT2D eigenvalue weighted by atomic mass is 32.1. The summed E-state index contributed by atoms with van der Waals surface area (Å²) in [6.45, 7) is 2.06. The molecule has 1 amide bonds. The molecule has 1 aliphatic rings. The lowest BCUT2D eigenvalue weighted by Gasteiger charge is -2.06. The number of aromatic nitrogens is 2. The molecule has 21 heavy (non-hydrogen) atoms. The SMILES string of the molecule is CCc1cccc(OCC(=O)Nc2nnc(C3CC3)s2)c1. The largest absolute Gasteiger partial charge is 0.484 e. The van der Waals surface area contributed by atoms with Gasteiger partial charge >= 0.3 is 0 Å². The van der Waals surface area contributed by atoms with E-state index in [1.807, 2.05) is 24.3 Å². The third-order valence-electron chi connectivity index (χ3n) is 3.29. The Labute approximate surface area is 127 Å². The number of aryl methyl sites for hydroxylation is 1. The number of hydrogen-bond donors (Lipinski definition) is 1. The van der Waals surface area contributed by atoms with Crippen LogP contribution in [0, 0.1) is 0 Å². The number of carbonyl (C=O) groups excluding carboxylic acids is 1. The molecule has 1 heterocycles. The molecule has 0 spiro atoms. The topological polar surface area (TPSA) is 64.1 Å². The second kappa shape index (κ2) is 6.22. The Kier molecular flexibility index (Phi) is 4.15. The second-order valence-electron chi connectivity index (χ2n) is 5.06. The van der Waals surface area contributed by atoms with E-state index in [1.165, 1.54) is 29.7 Å². The van der Waals surface area contributed by atoms with Crippen LogP contribution < -0.4 is 10.1 Å². The molecule has 110 valence electrons. The van der Waals surface area contributed by atoms with E-state index in [2.05, 4.69) is 22.4 Å². The fourth-order valence-corrected chi connectivity index (χ4v) is 2.87. The van der Waals surface area contributed by atoms with Gasteiger partial charge in [-0.15, -0.1) is 10.2 Å². The molecule has 0 saturated heterocycles. The molecule has 1 aromatic heterocycles. The molecule has 1 N–H and O–H groups in total. The van der Waals surface area contributed by atoms with Gasteiger partial charge in [-0.1, -0.05) is 30.4 Å². The van der Waals surface area contributed by atoms with Crippen LogP contribution in [0.1, 0.15) is 36.3 Å². The van der Waals surface area contributed by atoms with Crippen molar-refractivity contribution in [2.75, 3.05) is 11.9 Å². The zero-order valence-electron chi connectivity index (χ0n) is 11.8. The molecule has 0 aliphatic heterocycles. The van der Waals surface area contributed by atoms with Crippen molar-refractivity contribution in [1.82, 2.24) is 10.2 Å². The lowest BCUT2D eigenvalue weighted by molar-refractivity contribution is -0.118. The molecule has 1 aliphatic carbocycles. The Morgan fingerprint density at radius 1 is 1.43 bits per heavy atom. The summed E-state index contributed by atoms with van der Waals surface area (Å²) in [4.78, 5) is 11.8. The summed E-state index contributed by atoms with van der Waals surface area (Å²) >= 11 is 1.45. The van der Waals surface area contributed by atoms with Crippen molar-refractivity contribution in [3.8, 4) is 5.75 Å². The van der Waals surface area contributed by atoms with Gasteiger partial charge in [-0.3, -0.25) is 10.1 Å². The second-order valence-corrected chi connectivity index (χ2v) is 6.07. The van der Waals surface area contributed by atoms with Crippen LogP contribution in [-0.4, -0.2) is 22.7 Å². The van der Waals surface area contributed by atoms with Crippen molar-refractivity contribution in [3.05, 3.63) is 34.8 Å². The van der Waals surface area contributed by atoms with Gasteiger partial charge in [-0.05, 0) is 37.0 Å². The smallest absolute Gasteiger partial charge is 0.264 e. The van der Waals surface area contributed by atoms with Crippen LogP contribution in [0.4, 0.5) is 5.13 Å². The Morgan fingerprint density at radius 3 is 3.05 bits per heavy atom. The fraction of sp³-hybridized carbons (Fsp3) is 0.400.